The molecule has 0 radical (unpaired) electrons. The lowest BCUT2D eigenvalue weighted by atomic mass is 10.0. The third-order valence-electron chi connectivity index (χ3n) is 3.33. The van der Waals surface area contributed by atoms with Crippen molar-refractivity contribution in [3.05, 3.63) is 42.0 Å². The third-order valence-corrected chi connectivity index (χ3v) is 3.33. The van der Waals surface area contributed by atoms with Gasteiger partial charge >= 0.3 is 12.3 Å². The zero-order valence-electron chi connectivity index (χ0n) is 11.9. The van der Waals surface area contributed by atoms with Crippen LogP contribution in [0.25, 0.3) is 0 Å². The first-order valence-electron chi connectivity index (χ1n) is 6.60. The lowest BCUT2D eigenvalue weighted by Gasteiger charge is -2.38. The van der Waals surface area contributed by atoms with Crippen molar-refractivity contribution in [3.63, 3.8) is 0 Å². The molecule has 1 aromatic carbocycles. The van der Waals surface area contributed by atoms with Gasteiger partial charge in [-0.1, -0.05) is 6.08 Å². The zero-order valence-corrected chi connectivity index (χ0v) is 11.9. The van der Waals surface area contributed by atoms with Crippen LogP contribution in [0.2, 0.25) is 0 Å². The molecule has 2 rings (SSSR count). The van der Waals surface area contributed by atoms with E-state index in [9.17, 15) is 22.8 Å². The van der Waals surface area contributed by atoms with Crippen LogP contribution in [0, 0.1) is 0 Å². The number of carboxylic acid groups (broad SMARTS) is 1. The number of carbonyl (C=O) groups excluding carboxylic acids is 1. The largest absolute Gasteiger partial charge is 0.465 e. The van der Waals surface area contributed by atoms with E-state index in [2.05, 4.69) is 17.2 Å². The van der Waals surface area contributed by atoms with E-state index in [0.717, 1.165) is 18.2 Å². The van der Waals surface area contributed by atoms with Gasteiger partial charge in [0.25, 0.3) is 5.91 Å². The highest BCUT2D eigenvalue weighted by Crippen LogP contribution is 2.35. The van der Waals surface area contributed by atoms with Crippen molar-refractivity contribution in [3.8, 4) is 0 Å². The summed E-state index contributed by atoms with van der Waals surface area (Å²) in [4.78, 5) is 24.1. The Labute approximate surface area is 129 Å². The van der Waals surface area contributed by atoms with Crippen molar-refractivity contribution < 1.29 is 27.9 Å². The van der Waals surface area contributed by atoms with E-state index < -0.39 is 29.9 Å². The highest BCUT2D eigenvalue weighted by atomic mass is 19.4. The molecule has 9 heteroatoms. The van der Waals surface area contributed by atoms with Gasteiger partial charge in [-0.15, -0.1) is 6.58 Å². The molecule has 1 atom stereocenters. The van der Waals surface area contributed by atoms with Crippen molar-refractivity contribution >= 4 is 17.7 Å². The SMILES string of the molecule is C=CCN1c2cc(C(F)(F)F)ccc2C(=O)NC1CNC(=O)O. The Kier molecular flexibility index (Phi) is 4.48. The molecule has 2 amide bonds. The number of hydrogen-bond donors (Lipinski definition) is 3. The Balaban J connectivity index is 2.43. The maximum absolute atomic E-state index is 12.9. The van der Waals surface area contributed by atoms with Crippen LogP contribution in [-0.2, 0) is 6.18 Å². The normalized spacial score (nSPS) is 17.3. The monoisotopic (exact) mass is 329 g/mol. The molecule has 1 aromatic rings. The summed E-state index contributed by atoms with van der Waals surface area (Å²) in [6.45, 7) is 3.50. The first kappa shape index (κ1) is 16.7. The minimum atomic E-state index is -4.54. The number of halogens is 3. The van der Waals surface area contributed by atoms with Gasteiger partial charge in [-0.3, -0.25) is 4.79 Å². The average Bonchev–Trinajstić information content (AvgIpc) is 2.47. The summed E-state index contributed by atoms with van der Waals surface area (Å²) in [5.41, 5.74) is -0.711. The lowest BCUT2D eigenvalue weighted by molar-refractivity contribution is -0.137. The summed E-state index contributed by atoms with van der Waals surface area (Å²) in [6.07, 6.45) is -5.20. The van der Waals surface area contributed by atoms with Crippen LogP contribution in [-0.4, -0.2) is 36.4 Å². The first-order chi connectivity index (χ1) is 10.7. The standard InChI is InChI=1S/C14H14F3N3O3/c1-2-5-20-10-6-8(14(15,16)17)3-4-9(10)12(21)19-11(20)7-18-13(22)23/h2-4,6,11,18H,1,5,7H2,(H,19,21)(H,22,23). The van der Waals surface area contributed by atoms with Gasteiger partial charge in [0.1, 0.15) is 6.17 Å². The van der Waals surface area contributed by atoms with Crippen molar-refractivity contribution in [1.82, 2.24) is 10.6 Å². The molecule has 0 spiro atoms. The summed E-state index contributed by atoms with van der Waals surface area (Å²) in [5.74, 6) is -0.564. The van der Waals surface area contributed by atoms with E-state index >= 15 is 0 Å². The highest BCUT2D eigenvalue weighted by molar-refractivity contribution is 6.02. The average molecular weight is 329 g/mol. The number of alkyl halides is 3. The van der Waals surface area contributed by atoms with Gasteiger partial charge in [-0.25, -0.2) is 4.79 Å². The second-order valence-electron chi connectivity index (χ2n) is 4.85. The van der Waals surface area contributed by atoms with Gasteiger partial charge < -0.3 is 20.6 Å². The smallest absolute Gasteiger partial charge is 0.416 e. The number of anilines is 1. The fourth-order valence-corrected chi connectivity index (χ4v) is 2.32. The maximum atomic E-state index is 12.9. The number of fused-ring (bicyclic) bond motifs is 1. The van der Waals surface area contributed by atoms with E-state index in [1.54, 1.807) is 0 Å². The number of nitrogens with zero attached hydrogens (tertiary/aromatic N) is 1. The van der Waals surface area contributed by atoms with Crippen molar-refractivity contribution in [2.75, 3.05) is 18.0 Å². The molecule has 0 bridgehead atoms. The molecule has 0 aliphatic carbocycles. The van der Waals surface area contributed by atoms with E-state index in [1.807, 2.05) is 0 Å². The van der Waals surface area contributed by atoms with Crippen LogP contribution < -0.4 is 15.5 Å². The van der Waals surface area contributed by atoms with Crippen LogP contribution in [0.1, 0.15) is 15.9 Å². The number of rotatable bonds is 4. The molecule has 1 aliphatic rings. The quantitative estimate of drug-likeness (QED) is 0.738. The number of carbonyl (C=O) groups is 2. The van der Waals surface area contributed by atoms with Gasteiger partial charge in [0.2, 0.25) is 0 Å². The Morgan fingerprint density at radius 2 is 2.17 bits per heavy atom. The van der Waals surface area contributed by atoms with Crippen LogP contribution in [0.15, 0.2) is 30.9 Å². The van der Waals surface area contributed by atoms with Gasteiger partial charge in [-0.05, 0) is 18.2 Å². The molecule has 0 saturated carbocycles. The highest BCUT2D eigenvalue weighted by Gasteiger charge is 2.35. The van der Waals surface area contributed by atoms with Crippen LogP contribution in [0.5, 0.6) is 0 Å². The Morgan fingerprint density at radius 1 is 1.48 bits per heavy atom. The predicted molar refractivity (Wildman–Crippen MR) is 76.3 cm³/mol. The first-order valence-corrected chi connectivity index (χ1v) is 6.60. The van der Waals surface area contributed by atoms with Gasteiger partial charge in [0, 0.05) is 6.54 Å². The number of hydrogen-bond acceptors (Lipinski definition) is 3. The number of amides is 2. The molecule has 23 heavy (non-hydrogen) atoms. The molecule has 124 valence electrons. The molecular formula is C14H14F3N3O3. The fourth-order valence-electron chi connectivity index (χ4n) is 2.32. The van der Waals surface area contributed by atoms with E-state index in [-0.39, 0.29) is 24.3 Å². The van der Waals surface area contributed by atoms with Crippen LogP contribution >= 0.6 is 0 Å². The molecule has 3 N–H and O–H groups in total. The molecule has 1 aliphatic heterocycles. The fraction of sp³-hybridized carbons (Fsp3) is 0.286. The predicted octanol–water partition coefficient (Wildman–Crippen LogP) is 2.03. The summed E-state index contributed by atoms with van der Waals surface area (Å²) >= 11 is 0. The summed E-state index contributed by atoms with van der Waals surface area (Å²) < 4.78 is 38.7. The Hall–Kier alpha value is -2.71. The van der Waals surface area contributed by atoms with E-state index in [1.165, 1.54) is 11.0 Å². The number of nitrogens with one attached hydrogen (secondary N) is 2. The second-order valence-corrected chi connectivity index (χ2v) is 4.85. The minimum absolute atomic E-state index is 0.0839. The summed E-state index contributed by atoms with van der Waals surface area (Å²) in [7, 11) is 0. The maximum Gasteiger partial charge on any atom is 0.416 e. The summed E-state index contributed by atoms with van der Waals surface area (Å²) in [5, 5.41) is 13.3. The molecule has 1 heterocycles. The van der Waals surface area contributed by atoms with E-state index in [4.69, 9.17) is 5.11 Å². The Morgan fingerprint density at radius 3 is 2.74 bits per heavy atom. The van der Waals surface area contributed by atoms with Crippen molar-refractivity contribution in [2.24, 2.45) is 0 Å². The van der Waals surface area contributed by atoms with E-state index in [0.29, 0.717) is 0 Å². The molecule has 0 aromatic heterocycles. The molecule has 0 fully saturated rings. The molecule has 0 saturated heterocycles. The van der Waals surface area contributed by atoms with Crippen LogP contribution in [0.3, 0.4) is 0 Å². The topological polar surface area (TPSA) is 81.7 Å². The van der Waals surface area contributed by atoms with Gasteiger partial charge in [0.15, 0.2) is 0 Å². The van der Waals surface area contributed by atoms with Gasteiger partial charge in [0.05, 0.1) is 23.4 Å². The minimum Gasteiger partial charge on any atom is -0.465 e. The Bertz CT molecular complexity index is 646. The van der Waals surface area contributed by atoms with Crippen molar-refractivity contribution in [2.45, 2.75) is 12.3 Å². The zero-order chi connectivity index (χ0) is 17.2. The number of benzene rings is 1. The molecule has 6 nitrogen and oxygen atoms in total. The lowest BCUT2D eigenvalue weighted by Crippen LogP contribution is -2.57. The third kappa shape index (κ3) is 3.55. The second kappa shape index (κ2) is 6.19. The van der Waals surface area contributed by atoms with Crippen molar-refractivity contribution in [1.29, 1.82) is 0 Å². The van der Waals surface area contributed by atoms with Gasteiger partial charge in [-0.2, -0.15) is 13.2 Å². The molecule has 1 unspecified atom stereocenters. The van der Waals surface area contributed by atoms with Crippen LogP contribution in [0.4, 0.5) is 23.7 Å². The summed E-state index contributed by atoms with van der Waals surface area (Å²) in [6, 6.07) is 2.82. The molecular weight excluding hydrogens is 315 g/mol.